The highest BCUT2D eigenvalue weighted by Crippen LogP contribution is 2.14. The highest BCUT2D eigenvalue weighted by molar-refractivity contribution is 5.18. The summed E-state index contributed by atoms with van der Waals surface area (Å²) in [5, 5.41) is 0. The van der Waals surface area contributed by atoms with Gasteiger partial charge in [0.15, 0.2) is 0 Å². The second kappa shape index (κ2) is 9.05. The van der Waals surface area contributed by atoms with Gasteiger partial charge in [-0.1, -0.05) is 91.0 Å². The van der Waals surface area contributed by atoms with Crippen molar-refractivity contribution in [3.63, 3.8) is 0 Å². The zero-order chi connectivity index (χ0) is 16.5. The first-order chi connectivity index (χ1) is 11.9. The van der Waals surface area contributed by atoms with Crippen LogP contribution in [0.2, 0.25) is 0 Å². The molecule has 24 heavy (non-hydrogen) atoms. The molecule has 0 aromatic heterocycles. The van der Waals surface area contributed by atoms with Gasteiger partial charge >= 0.3 is 0 Å². The Morgan fingerprint density at radius 2 is 0.958 bits per heavy atom. The average molecular weight is 314 g/mol. The van der Waals surface area contributed by atoms with E-state index in [1.807, 2.05) is 0 Å². The van der Waals surface area contributed by atoms with E-state index in [0.717, 1.165) is 25.9 Å². The maximum absolute atomic E-state index is 2.42. The van der Waals surface area contributed by atoms with E-state index in [4.69, 9.17) is 0 Å². The van der Waals surface area contributed by atoms with Crippen molar-refractivity contribution in [2.45, 2.75) is 25.9 Å². The minimum Gasteiger partial charge on any atom is -0.290 e. The summed E-state index contributed by atoms with van der Waals surface area (Å²) in [7, 11) is 0. The molecule has 0 spiro atoms. The molecule has 121 valence electrons. The normalized spacial score (nSPS) is 10.9. The molecular formula is C23H24N. The van der Waals surface area contributed by atoms with E-state index in [1.54, 1.807) is 0 Å². The largest absolute Gasteiger partial charge is 0.290 e. The van der Waals surface area contributed by atoms with E-state index < -0.39 is 0 Å². The number of benzene rings is 3. The van der Waals surface area contributed by atoms with Gasteiger partial charge in [-0.2, -0.15) is 0 Å². The molecule has 0 bridgehead atoms. The fraction of sp³-hybridized carbons (Fsp3) is 0.174. The van der Waals surface area contributed by atoms with Crippen molar-refractivity contribution in [3.05, 3.63) is 114 Å². The van der Waals surface area contributed by atoms with Crippen molar-refractivity contribution >= 4 is 0 Å². The van der Waals surface area contributed by atoms with Gasteiger partial charge in [-0.15, -0.1) is 0 Å². The van der Waals surface area contributed by atoms with Crippen molar-refractivity contribution in [1.29, 1.82) is 0 Å². The standard InChI is InChI=1S/C23H24N/c1-4-11-21(12-5-1)17-10-18-24(19-22-13-6-2-7-14-22)20-23-15-8-3-9-16-23/h1-9,11-16,18H,10,17,19-20H2. The maximum Gasteiger partial charge on any atom is 0.0262 e. The first-order valence-corrected chi connectivity index (χ1v) is 8.59. The third kappa shape index (κ3) is 5.36. The highest BCUT2D eigenvalue weighted by Gasteiger charge is 2.07. The Kier molecular flexibility index (Phi) is 6.21. The Morgan fingerprint density at radius 3 is 1.42 bits per heavy atom. The Bertz CT molecular complexity index is 650. The van der Waals surface area contributed by atoms with Crippen LogP contribution in [0.5, 0.6) is 0 Å². The van der Waals surface area contributed by atoms with Gasteiger partial charge in [-0.25, -0.2) is 0 Å². The van der Waals surface area contributed by atoms with E-state index in [0.29, 0.717) is 0 Å². The Balaban J connectivity index is 1.60. The summed E-state index contributed by atoms with van der Waals surface area (Å²) in [6.45, 7) is 4.25. The number of nitrogens with zero attached hydrogens (tertiary/aromatic N) is 1. The van der Waals surface area contributed by atoms with Crippen LogP contribution in [0.4, 0.5) is 0 Å². The van der Waals surface area contributed by atoms with Crippen molar-refractivity contribution in [3.8, 4) is 0 Å². The van der Waals surface area contributed by atoms with E-state index in [9.17, 15) is 0 Å². The topological polar surface area (TPSA) is 3.24 Å². The van der Waals surface area contributed by atoms with Crippen LogP contribution in [0.25, 0.3) is 0 Å². The first-order valence-electron chi connectivity index (χ1n) is 8.59. The third-order valence-electron chi connectivity index (χ3n) is 4.12. The van der Waals surface area contributed by atoms with Crippen LogP contribution < -0.4 is 0 Å². The quantitative estimate of drug-likeness (QED) is 0.532. The van der Waals surface area contributed by atoms with Gasteiger partial charge < -0.3 is 0 Å². The molecule has 0 N–H and O–H groups in total. The molecule has 0 atom stereocenters. The second-order valence-electron chi connectivity index (χ2n) is 6.08. The van der Waals surface area contributed by atoms with Crippen LogP contribution in [-0.2, 0) is 19.5 Å². The molecule has 3 aromatic carbocycles. The molecule has 1 heteroatoms. The Labute approximate surface area is 145 Å². The van der Waals surface area contributed by atoms with E-state index in [-0.39, 0.29) is 0 Å². The van der Waals surface area contributed by atoms with Gasteiger partial charge in [-0.05, 0) is 29.5 Å². The number of rotatable bonds is 8. The lowest BCUT2D eigenvalue weighted by molar-refractivity contribution is 0.308. The maximum atomic E-state index is 2.42. The van der Waals surface area contributed by atoms with Crippen molar-refractivity contribution in [2.24, 2.45) is 0 Å². The van der Waals surface area contributed by atoms with E-state index in [1.165, 1.54) is 16.7 Å². The van der Waals surface area contributed by atoms with Gasteiger partial charge in [0, 0.05) is 19.6 Å². The van der Waals surface area contributed by atoms with Crippen LogP contribution in [0.15, 0.2) is 91.0 Å². The fourth-order valence-corrected chi connectivity index (χ4v) is 2.88. The molecule has 1 radical (unpaired) electrons. The minimum atomic E-state index is 0.949. The lowest BCUT2D eigenvalue weighted by Crippen LogP contribution is -2.20. The number of aryl methyl sites for hydroxylation is 1. The summed E-state index contributed by atoms with van der Waals surface area (Å²) in [6.07, 6.45) is 2.14. The zero-order valence-electron chi connectivity index (χ0n) is 14.0. The molecule has 0 amide bonds. The number of hydrogen-bond donors (Lipinski definition) is 0. The summed E-state index contributed by atoms with van der Waals surface area (Å²) < 4.78 is 0. The summed E-state index contributed by atoms with van der Waals surface area (Å²) in [5.74, 6) is 0. The predicted octanol–water partition coefficient (Wildman–Crippen LogP) is 5.48. The summed E-state index contributed by atoms with van der Waals surface area (Å²) in [5.41, 5.74) is 4.10. The van der Waals surface area contributed by atoms with E-state index >= 15 is 0 Å². The molecule has 0 saturated carbocycles. The molecule has 1 nitrogen and oxygen atoms in total. The summed E-state index contributed by atoms with van der Waals surface area (Å²) in [4.78, 5) is 2.42. The predicted molar refractivity (Wildman–Crippen MR) is 101 cm³/mol. The van der Waals surface area contributed by atoms with Gasteiger partial charge in [0.25, 0.3) is 0 Å². The third-order valence-corrected chi connectivity index (χ3v) is 4.12. The lowest BCUT2D eigenvalue weighted by atomic mass is 10.1. The molecule has 0 aliphatic carbocycles. The van der Waals surface area contributed by atoms with Crippen LogP contribution in [0, 0.1) is 6.54 Å². The van der Waals surface area contributed by atoms with Crippen LogP contribution in [0.3, 0.4) is 0 Å². The summed E-state index contributed by atoms with van der Waals surface area (Å²) >= 11 is 0. The van der Waals surface area contributed by atoms with Gasteiger partial charge in [0.2, 0.25) is 0 Å². The molecule has 0 aliphatic heterocycles. The molecule has 0 unspecified atom stereocenters. The molecule has 0 heterocycles. The average Bonchev–Trinajstić information content (AvgIpc) is 2.64. The van der Waals surface area contributed by atoms with Crippen molar-refractivity contribution in [1.82, 2.24) is 4.90 Å². The van der Waals surface area contributed by atoms with E-state index in [2.05, 4.69) is 102 Å². The van der Waals surface area contributed by atoms with Crippen molar-refractivity contribution in [2.75, 3.05) is 0 Å². The number of hydrogen-bond acceptors (Lipinski definition) is 1. The van der Waals surface area contributed by atoms with Crippen molar-refractivity contribution < 1.29 is 0 Å². The SMILES string of the molecule is [CH](CCc1ccccc1)N(Cc1ccccc1)Cc1ccccc1. The Morgan fingerprint density at radius 1 is 0.542 bits per heavy atom. The molecule has 0 saturated heterocycles. The van der Waals surface area contributed by atoms with Crippen LogP contribution in [0.1, 0.15) is 23.1 Å². The molecular weight excluding hydrogens is 290 g/mol. The molecule has 0 fully saturated rings. The van der Waals surface area contributed by atoms with Gasteiger partial charge in [0.1, 0.15) is 0 Å². The molecule has 3 rings (SSSR count). The van der Waals surface area contributed by atoms with Gasteiger partial charge in [-0.3, -0.25) is 4.90 Å². The zero-order valence-corrected chi connectivity index (χ0v) is 14.0. The summed E-state index contributed by atoms with van der Waals surface area (Å²) in [6, 6.07) is 32.1. The Hall–Kier alpha value is -2.38. The first kappa shape index (κ1) is 16.5. The van der Waals surface area contributed by atoms with Crippen LogP contribution >= 0.6 is 0 Å². The molecule has 0 aliphatic rings. The minimum absolute atomic E-state index is 0.949. The van der Waals surface area contributed by atoms with Gasteiger partial charge in [0.05, 0.1) is 0 Å². The lowest BCUT2D eigenvalue weighted by Gasteiger charge is -2.22. The smallest absolute Gasteiger partial charge is 0.0262 e. The van der Waals surface area contributed by atoms with Crippen LogP contribution in [-0.4, -0.2) is 4.90 Å². The fourth-order valence-electron chi connectivity index (χ4n) is 2.88. The molecule has 3 aromatic rings. The monoisotopic (exact) mass is 314 g/mol. The second-order valence-corrected chi connectivity index (χ2v) is 6.08. The highest BCUT2D eigenvalue weighted by atomic mass is 15.1.